The molecule has 1 heteroatoms. The summed E-state index contributed by atoms with van der Waals surface area (Å²) in [6.07, 6.45) is 1.83. The molecular formula is C4H5N. The van der Waals surface area contributed by atoms with Crippen LogP contribution in [0.15, 0.2) is 23.9 Å². The summed E-state index contributed by atoms with van der Waals surface area (Å²) in [5, 5.41) is 0. The minimum atomic E-state index is 0.852. The number of nitrogens with two attached hydrogens (primary N) is 1. The van der Waals surface area contributed by atoms with Crippen LogP contribution in [0.4, 0.5) is 0 Å². The zero-order chi connectivity index (χ0) is 3.86. The molecule has 26 valence electrons. The quantitative estimate of drug-likeness (QED) is 0.436. The van der Waals surface area contributed by atoms with Crippen molar-refractivity contribution >= 4 is 0 Å². The fourth-order valence-electron chi connectivity index (χ4n) is 0.152. The van der Waals surface area contributed by atoms with Crippen LogP contribution in [0.1, 0.15) is 0 Å². The van der Waals surface area contributed by atoms with Crippen LogP contribution < -0.4 is 5.73 Å². The predicted octanol–water partition coefficient (Wildman–Crippen LogP) is 0.399. The minimum Gasteiger partial charge on any atom is -0.398 e. The van der Waals surface area contributed by atoms with E-state index in [2.05, 4.69) is 6.58 Å². The topological polar surface area (TPSA) is 26.0 Å². The zero-order valence-corrected chi connectivity index (χ0v) is 2.86. The molecule has 0 saturated carbocycles. The first-order chi connectivity index (χ1) is 2.30. The summed E-state index contributed by atoms with van der Waals surface area (Å²) in [5.74, 6) is 0. The third kappa shape index (κ3) is 0.193. The maximum absolute atomic E-state index is 5.13. The molecule has 0 unspecified atom stereocenters. The van der Waals surface area contributed by atoms with E-state index < -0.39 is 0 Å². The van der Waals surface area contributed by atoms with Gasteiger partial charge >= 0.3 is 0 Å². The van der Waals surface area contributed by atoms with E-state index in [1.54, 1.807) is 0 Å². The fourth-order valence-corrected chi connectivity index (χ4v) is 0.152. The molecule has 1 nitrogen and oxygen atoms in total. The minimum absolute atomic E-state index is 0.852. The molecule has 1 aliphatic rings. The van der Waals surface area contributed by atoms with E-state index >= 15 is 0 Å². The highest BCUT2D eigenvalue weighted by molar-refractivity contribution is 5.52. The largest absolute Gasteiger partial charge is 0.398 e. The van der Waals surface area contributed by atoms with Crippen LogP contribution in [0.2, 0.25) is 0 Å². The number of allylic oxidation sites excluding steroid dienone is 2. The second kappa shape index (κ2) is 0.432. The SMILES string of the molecule is C=C1C=C1N. The Morgan fingerprint density at radius 1 is 1.80 bits per heavy atom. The van der Waals surface area contributed by atoms with Gasteiger partial charge in [0.15, 0.2) is 0 Å². The first kappa shape index (κ1) is 2.51. The lowest BCUT2D eigenvalue weighted by atomic mass is 10.6. The Morgan fingerprint density at radius 3 is 2.00 bits per heavy atom. The van der Waals surface area contributed by atoms with E-state index in [4.69, 9.17) is 5.73 Å². The molecule has 1 rings (SSSR count). The Balaban J connectivity index is 2.69. The van der Waals surface area contributed by atoms with Crippen LogP contribution in [-0.2, 0) is 0 Å². The van der Waals surface area contributed by atoms with Gasteiger partial charge in [0.05, 0.1) is 0 Å². The summed E-state index contributed by atoms with van der Waals surface area (Å²) in [6.45, 7) is 3.53. The van der Waals surface area contributed by atoms with Crippen LogP contribution >= 0.6 is 0 Å². The van der Waals surface area contributed by atoms with E-state index in [1.807, 2.05) is 6.08 Å². The van der Waals surface area contributed by atoms with Gasteiger partial charge in [0, 0.05) is 5.70 Å². The number of hydrogen-bond donors (Lipinski definition) is 1. The average molecular weight is 67.1 g/mol. The molecule has 1 aliphatic carbocycles. The first-order valence-electron chi connectivity index (χ1n) is 1.47. The van der Waals surface area contributed by atoms with Crippen LogP contribution in [0.25, 0.3) is 0 Å². The average Bonchev–Trinajstić information content (AvgIpc) is 1.79. The Morgan fingerprint density at radius 2 is 2.00 bits per heavy atom. The smallest absolute Gasteiger partial charge is 0.0388 e. The molecule has 0 aromatic heterocycles. The number of rotatable bonds is 0. The predicted molar refractivity (Wildman–Crippen MR) is 21.4 cm³/mol. The summed E-state index contributed by atoms with van der Waals surface area (Å²) < 4.78 is 0. The highest BCUT2D eigenvalue weighted by Gasteiger charge is 2.04. The van der Waals surface area contributed by atoms with E-state index in [-0.39, 0.29) is 0 Å². The molecule has 2 N–H and O–H groups in total. The summed E-state index contributed by atoms with van der Waals surface area (Å²) >= 11 is 0. The zero-order valence-electron chi connectivity index (χ0n) is 2.86. The van der Waals surface area contributed by atoms with Crippen molar-refractivity contribution in [3.8, 4) is 0 Å². The normalized spacial score (nSPS) is 18.4. The van der Waals surface area contributed by atoms with Crippen LogP contribution in [0.3, 0.4) is 0 Å². The summed E-state index contributed by atoms with van der Waals surface area (Å²) in [5.41, 5.74) is 6.97. The van der Waals surface area contributed by atoms with E-state index in [9.17, 15) is 0 Å². The van der Waals surface area contributed by atoms with Gasteiger partial charge < -0.3 is 5.73 Å². The Kier molecular flexibility index (Phi) is 0.217. The van der Waals surface area contributed by atoms with Gasteiger partial charge in [0.2, 0.25) is 0 Å². The van der Waals surface area contributed by atoms with Crippen molar-refractivity contribution in [2.24, 2.45) is 5.73 Å². The van der Waals surface area contributed by atoms with Crippen LogP contribution in [-0.4, -0.2) is 0 Å². The van der Waals surface area contributed by atoms with Crippen molar-refractivity contribution in [1.82, 2.24) is 0 Å². The number of hydrogen-bond acceptors (Lipinski definition) is 1. The Labute approximate surface area is 30.8 Å². The third-order valence-electron chi connectivity index (χ3n) is 0.617. The molecule has 5 heavy (non-hydrogen) atoms. The van der Waals surface area contributed by atoms with Gasteiger partial charge in [0.25, 0.3) is 0 Å². The summed E-state index contributed by atoms with van der Waals surface area (Å²) in [6, 6.07) is 0. The van der Waals surface area contributed by atoms with Crippen molar-refractivity contribution < 1.29 is 0 Å². The van der Waals surface area contributed by atoms with E-state index in [1.165, 1.54) is 0 Å². The standard InChI is InChI=1S/C4H5N/c1-3-2-4(3)5/h2H,1,5H2. The van der Waals surface area contributed by atoms with E-state index in [0.717, 1.165) is 11.3 Å². The molecule has 0 spiro atoms. The van der Waals surface area contributed by atoms with Gasteiger partial charge in [0.1, 0.15) is 0 Å². The molecule has 0 saturated heterocycles. The molecule has 0 amide bonds. The van der Waals surface area contributed by atoms with Gasteiger partial charge in [-0.25, -0.2) is 0 Å². The summed E-state index contributed by atoms with van der Waals surface area (Å²) in [7, 11) is 0. The maximum Gasteiger partial charge on any atom is 0.0388 e. The lowest BCUT2D eigenvalue weighted by Gasteiger charge is -1.60. The van der Waals surface area contributed by atoms with Crippen LogP contribution in [0, 0.1) is 0 Å². The fraction of sp³-hybridized carbons (Fsp3) is 0. The Hall–Kier alpha value is -0.720. The third-order valence-corrected chi connectivity index (χ3v) is 0.617. The monoisotopic (exact) mass is 67.0 g/mol. The molecule has 0 aromatic rings. The molecule has 0 fully saturated rings. The second-order valence-electron chi connectivity index (χ2n) is 1.12. The second-order valence-corrected chi connectivity index (χ2v) is 1.12. The molecule has 0 aliphatic heterocycles. The molecule has 0 atom stereocenters. The molecule has 0 aromatic carbocycles. The van der Waals surface area contributed by atoms with Gasteiger partial charge in [-0.2, -0.15) is 0 Å². The van der Waals surface area contributed by atoms with Crippen LogP contribution in [0.5, 0.6) is 0 Å². The van der Waals surface area contributed by atoms with Crippen molar-refractivity contribution in [2.75, 3.05) is 0 Å². The lowest BCUT2D eigenvalue weighted by Crippen LogP contribution is -1.77. The van der Waals surface area contributed by atoms with Gasteiger partial charge in [-0.1, -0.05) is 6.58 Å². The molecular weight excluding hydrogens is 62.1 g/mol. The Bertz CT molecular complexity index is 100. The van der Waals surface area contributed by atoms with Gasteiger partial charge in [-0.05, 0) is 11.6 Å². The lowest BCUT2D eigenvalue weighted by molar-refractivity contribution is 1.54. The van der Waals surface area contributed by atoms with Crippen molar-refractivity contribution in [2.45, 2.75) is 0 Å². The highest BCUT2D eigenvalue weighted by Crippen LogP contribution is 2.17. The van der Waals surface area contributed by atoms with Gasteiger partial charge in [-0.3, -0.25) is 0 Å². The highest BCUT2D eigenvalue weighted by atomic mass is 14.6. The van der Waals surface area contributed by atoms with Gasteiger partial charge in [-0.15, -0.1) is 0 Å². The van der Waals surface area contributed by atoms with Crippen molar-refractivity contribution in [1.29, 1.82) is 0 Å². The first-order valence-corrected chi connectivity index (χ1v) is 1.47. The molecule has 0 heterocycles. The molecule has 0 radical (unpaired) electrons. The maximum atomic E-state index is 5.13. The van der Waals surface area contributed by atoms with Crippen molar-refractivity contribution in [3.63, 3.8) is 0 Å². The molecule has 0 bridgehead atoms. The van der Waals surface area contributed by atoms with Crippen molar-refractivity contribution in [3.05, 3.63) is 23.9 Å². The van der Waals surface area contributed by atoms with E-state index in [0.29, 0.717) is 0 Å². The summed E-state index contributed by atoms with van der Waals surface area (Å²) in [4.78, 5) is 0.